The van der Waals surface area contributed by atoms with Crippen LogP contribution in [0, 0.1) is 0 Å². The molecule has 27 heavy (non-hydrogen) atoms. The van der Waals surface area contributed by atoms with E-state index in [1.165, 1.54) is 5.56 Å². The van der Waals surface area contributed by atoms with E-state index in [0.29, 0.717) is 12.5 Å². The summed E-state index contributed by atoms with van der Waals surface area (Å²) in [6.45, 7) is 3.15. The fraction of sp³-hybridized carbons (Fsp3) is 0.429. The van der Waals surface area contributed by atoms with Gasteiger partial charge in [0, 0.05) is 44.0 Å². The van der Waals surface area contributed by atoms with Crippen LogP contribution in [0.25, 0.3) is 4.96 Å². The van der Waals surface area contributed by atoms with E-state index in [4.69, 9.17) is 0 Å². The summed E-state index contributed by atoms with van der Waals surface area (Å²) in [6, 6.07) is 10.9. The lowest BCUT2D eigenvalue weighted by atomic mass is 10.0. The molecule has 5 nitrogen and oxygen atoms in total. The molecule has 1 aliphatic rings. The fourth-order valence-electron chi connectivity index (χ4n) is 3.83. The average Bonchev–Trinajstić information content (AvgIpc) is 3.28. The molecule has 4 rings (SSSR count). The Balaban J connectivity index is 1.31. The molecule has 1 atom stereocenters. The van der Waals surface area contributed by atoms with E-state index in [0.717, 1.165) is 49.6 Å². The van der Waals surface area contributed by atoms with Crippen molar-refractivity contribution in [3.63, 3.8) is 0 Å². The van der Waals surface area contributed by atoms with Crippen LogP contribution in [-0.4, -0.2) is 57.8 Å². The molecule has 0 bridgehead atoms. The highest BCUT2D eigenvalue weighted by Crippen LogP contribution is 2.17. The molecule has 0 N–H and O–H groups in total. The number of rotatable bonds is 6. The van der Waals surface area contributed by atoms with Crippen LogP contribution in [0.15, 0.2) is 48.1 Å². The Morgan fingerprint density at radius 3 is 3.00 bits per heavy atom. The van der Waals surface area contributed by atoms with Crippen LogP contribution >= 0.6 is 11.3 Å². The molecule has 1 saturated heterocycles. The molecule has 0 aliphatic carbocycles. The maximum atomic E-state index is 12.8. The summed E-state index contributed by atoms with van der Waals surface area (Å²) in [7, 11) is 1.95. The van der Waals surface area contributed by atoms with E-state index < -0.39 is 0 Å². The van der Waals surface area contributed by atoms with Gasteiger partial charge in [-0.3, -0.25) is 9.20 Å². The largest absolute Gasteiger partial charge is 0.341 e. The standard InChI is InChI=1S/C21H26N4OS/c1-23(20(26)14-18-15-25-12-13-27-21(25)22-18)19-8-5-10-24(16-19)11-9-17-6-3-2-4-7-17/h2-4,6-7,12-13,15,19H,5,8-11,14,16H2,1H3. The van der Waals surface area contributed by atoms with E-state index in [-0.39, 0.29) is 5.91 Å². The first-order chi connectivity index (χ1) is 13.2. The second-order valence-corrected chi connectivity index (χ2v) is 8.21. The number of piperidine rings is 1. The minimum absolute atomic E-state index is 0.163. The molecule has 1 fully saturated rings. The van der Waals surface area contributed by atoms with Crippen molar-refractivity contribution in [2.24, 2.45) is 0 Å². The lowest BCUT2D eigenvalue weighted by molar-refractivity contribution is -0.132. The van der Waals surface area contributed by atoms with E-state index in [1.807, 2.05) is 34.1 Å². The van der Waals surface area contributed by atoms with Gasteiger partial charge in [-0.25, -0.2) is 4.98 Å². The predicted molar refractivity (Wildman–Crippen MR) is 109 cm³/mol. The first-order valence-electron chi connectivity index (χ1n) is 9.62. The van der Waals surface area contributed by atoms with Crippen LogP contribution in [0.5, 0.6) is 0 Å². The van der Waals surface area contributed by atoms with Crippen molar-refractivity contribution in [3.8, 4) is 0 Å². The Morgan fingerprint density at radius 2 is 2.19 bits per heavy atom. The number of carbonyl (C=O) groups is 1. The predicted octanol–water partition coefficient (Wildman–Crippen LogP) is 3.10. The first kappa shape index (κ1) is 18.2. The summed E-state index contributed by atoms with van der Waals surface area (Å²) in [5, 5.41) is 2.01. The quantitative estimate of drug-likeness (QED) is 0.658. The Bertz CT molecular complexity index is 859. The summed E-state index contributed by atoms with van der Waals surface area (Å²) in [5.74, 6) is 0.163. The Labute approximate surface area is 164 Å². The number of carbonyl (C=O) groups excluding carboxylic acids is 1. The van der Waals surface area contributed by atoms with Crippen LogP contribution in [0.3, 0.4) is 0 Å². The van der Waals surface area contributed by atoms with Gasteiger partial charge in [-0.05, 0) is 31.4 Å². The van der Waals surface area contributed by atoms with E-state index >= 15 is 0 Å². The topological polar surface area (TPSA) is 40.9 Å². The van der Waals surface area contributed by atoms with Crippen molar-refractivity contribution < 1.29 is 4.79 Å². The smallest absolute Gasteiger partial charge is 0.228 e. The molecule has 1 aromatic carbocycles. The van der Waals surface area contributed by atoms with Gasteiger partial charge >= 0.3 is 0 Å². The van der Waals surface area contributed by atoms with Crippen LogP contribution in [0.2, 0.25) is 0 Å². The number of likely N-dealkylation sites (tertiary alicyclic amines) is 1. The highest BCUT2D eigenvalue weighted by atomic mass is 32.1. The van der Waals surface area contributed by atoms with Crippen molar-refractivity contribution in [3.05, 3.63) is 59.4 Å². The van der Waals surface area contributed by atoms with Gasteiger partial charge in [0.1, 0.15) is 0 Å². The highest BCUT2D eigenvalue weighted by Gasteiger charge is 2.26. The van der Waals surface area contributed by atoms with Crippen molar-refractivity contribution >= 4 is 22.2 Å². The SMILES string of the molecule is CN(C(=O)Cc1cn2ccsc2n1)C1CCCN(CCc2ccccc2)C1. The average molecular weight is 383 g/mol. The number of imidazole rings is 1. The zero-order chi connectivity index (χ0) is 18.6. The Hall–Kier alpha value is -2.18. The Kier molecular flexibility index (Phi) is 5.55. The molecule has 2 aromatic heterocycles. The van der Waals surface area contributed by atoms with Gasteiger partial charge in [0.05, 0.1) is 12.1 Å². The lowest BCUT2D eigenvalue weighted by Gasteiger charge is -2.37. The monoisotopic (exact) mass is 382 g/mol. The van der Waals surface area contributed by atoms with Crippen molar-refractivity contribution in [1.29, 1.82) is 0 Å². The Morgan fingerprint density at radius 1 is 1.33 bits per heavy atom. The molecule has 3 heterocycles. The highest BCUT2D eigenvalue weighted by molar-refractivity contribution is 7.15. The number of amides is 1. The fourth-order valence-corrected chi connectivity index (χ4v) is 4.55. The zero-order valence-corrected chi connectivity index (χ0v) is 16.6. The van der Waals surface area contributed by atoms with Crippen LogP contribution in [-0.2, 0) is 17.6 Å². The molecule has 1 amide bonds. The summed E-state index contributed by atoms with van der Waals surface area (Å²) in [5.41, 5.74) is 2.24. The van der Waals surface area contributed by atoms with Crippen LogP contribution in [0.1, 0.15) is 24.1 Å². The third kappa shape index (κ3) is 4.39. The molecule has 6 heteroatoms. The van der Waals surface area contributed by atoms with Gasteiger partial charge in [-0.2, -0.15) is 0 Å². The van der Waals surface area contributed by atoms with Gasteiger partial charge in [0.25, 0.3) is 0 Å². The van der Waals surface area contributed by atoms with Crippen LogP contribution in [0.4, 0.5) is 0 Å². The minimum atomic E-state index is 0.163. The van der Waals surface area contributed by atoms with Crippen LogP contribution < -0.4 is 0 Å². The van der Waals surface area contributed by atoms with Gasteiger partial charge < -0.3 is 9.80 Å². The molecular weight excluding hydrogens is 356 g/mol. The number of nitrogens with zero attached hydrogens (tertiary/aromatic N) is 4. The maximum absolute atomic E-state index is 12.8. The number of thiazole rings is 1. The van der Waals surface area contributed by atoms with Gasteiger partial charge in [-0.1, -0.05) is 30.3 Å². The zero-order valence-electron chi connectivity index (χ0n) is 15.8. The third-order valence-electron chi connectivity index (χ3n) is 5.46. The number of hydrogen-bond acceptors (Lipinski definition) is 4. The number of aromatic nitrogens is 2. The molecule has 142 valence electrons. The molecule has 0 spiro atoms. The maximum Gasteiger partial charge on any atom is 0.228 e. The number of fused-ring (bicyclic) bond motifs is 1. The molecule has 0 saturated carbocycles. The summed E-state index contributed by atoms with van der Waals surface area (Å²) >= 11 is 1.60. The van der Waals surface area contributed by atoms with Crippen molar-refractivity contribution in [2.45, 2.75) is 31.7 Å². The molecule has 1 aliphatic heterocycles. The number of likely N-dealkylation sites (N-methyl/N-ethyl adjacent to an activating group) is 1. The number of benzene rings is 1. The van der Waals surface area contributed by atoms with Crippen molar-refractivity contribution in [2.75, 3.05) is 26.7 Å². The van der Waals surface area contributed by atoms with Gasteiger partial charge in [0.15, 0.2) is 4.96 Å². The first-order valence-corrected chi connectivity index (χ1v) is 10.5. The molecule has 1 unspecified atom stereocenters. The van der Waals surface area contributed by atoms with Gasteiger partial charge in [0.2, 0.25) is 5.91 Å². The summed E-state index contributed by atoms with van der Waals surface area (Å²) < 4.78 is 1.99. The second-order valence-electron chi connectivity index (χ2n) is 7.34. The second kappa shape index (κ2) is 8.23. The number of hydrogen-bond donors (Lipinski definition) is 0. The van der Waals surface area contributed by atoms with Gasteiger partial charge in [-0.15, -0.1) is 11.3 Å². The van der Waals surface area contributed by atoms with E-state index in [2.05, 4.69) is 40.2 Å². The lowest BCUT2D eigenvalue weighted by Crippen LogP contribution is -2.49. The van der Waals surface area contributed by atoms with Crippen molar-refractivity contribution in [1.82, 2.24) is 19.2 Å². The summed E-state index contributed by atoms with van der Waals surface area (Å²) in [4.78, 5) is 22.7. The normalized spacial score (nSPS) is 18.0. The molecule has 0 radical (unpaired) electrons. The molecular formula is C21H26N4OS. The van der Waals surface area contributed by atoms with E-state index in [9.17, 15) is 4.79 Å². The van der Waals surface area contributed by atoms with E-state index in [1.54, 1.807) is 11.3 Å². The molecule has 3 aromatic rings. The third-order valence-corrected chi connectivity index (χ3v) is 6.23. The minimum Gasteiger partial charge on any atom is -0.341 e. The summed E-state index contributed by atoms with van der Waals surface area (Å²) in [6.07, 6.45) is 7.63.